The van der Waals surface area contributed by atoms with Crippen LogP contribution in [0, 0.1) is 0 Å². The Labute approximate surface area is 178 Å². The van der Waals surface area contributed by atoms with Crippen LogP contribution in [0.5, 0.6) is 5.75 Å². The number of nitrogens with zero attached hydrogens (tertiary/aromatic N) is 2. The number of nitrogens with one attached hydrogen (secondary N) is 1. The summed E-state index contributed by atoms with van der Waals surface area (Å²) in [6, 6.07) is 15.6. The van der Waals surface area contributed by atoms with Crippen LogP contribution in [0.2, 0.25) is 5.02 Å². The maximum atomic E-state index is 12.4. The van der Waals surface area contributed by atoms with Crippen molar-refractivity contribution in [1.82, 2.24) is 9.80 Å². The smallest absolute Gasteiger partial charge is 0.238 e. The van der Waals surface area contributed by atoms with E-state index in [0.717, 1.165) is 44.2 Å². The number of anilines is 1. The maximum absolute atomic E-state index is 12.4. The van der Waals surface area contributed by atoms with Crippen LogP contribution < -0.4 is 10.1 Å². The number of rotatable bonds is 8. The Hall–Kier alpha value is -2.08. The van der Waals surface area contributed by atoms with E-state index in [1.165, 1.54) is 5.56 Å². The predicted molar refractivity (Wildman–Crippen MR) is 119 cm³/mol. The van der Waals surface area contributed by atoms with Gasteiger partial charge in [-0.15, -0.1) is 0 Å². The van der Waals surface area contributed by atoms with E-state index >= 15 is 0 Å². The molecule has 0 unspecified atom stereocenters. The highest BCUT2D eigenvalue weighted by atomic mass is 35.5. The lowest BCUT2D eigenvalue weighted by molar-refractivity contribution is -0.117. The number of piperazine rings is 1. The number of hydrogen-bond acceptors (Lipinski definition) is 4. The topological polar surface area (TPSA) is 44.8 Å². The van der Waals surface area contributed by atoms with Crippen molar-refractivity contribution >= 4 is 23.2 Å². The van der Waals surface area contributed by atoms with E-state index in [2.05, 4.69) is 41.1 Å². The van der Waals surface area contributed by atoms with Crippen molar-refractivity contribution in [3.8, 4) is 5.75 Å². The minimum absolute atomic E-state index is 0.0430. The van der Waals surface area contributed by atoms with Crippen molar-refractivity contribution < 1.29 is 9.53 Å². The molecule has 0 bridgehead atoms. The normalized spacial score (nSPS) is 15.4. The van der Waals surface area contributed by atoms with Crippen molar-refractivity contribution in [2.45, 2.75) is 19.8 Å². The Morgan fingerprint density at radius 3 is 2.52 bits per heavy atom. The van der Waals surface area contributed by atoms with Crippen LogP contribution in [0.1, 0.15) is 25.3 Å². The summed E-state index contributed by atoms with van der Waals surface area (Å²) in [4.78, 5) is 17.0. The van der Waals surface area contributed by atoms with Crippen LogP contribution in [0.15, 0.2) is 48.5 Å². The molecular formula is C23H30ClN3O2. The molecule has 0 aromatic heterocycles. The van der Waals surface area contributed by atoms with Crippen molar-refractivity contribution in [1.29, 1.82) is 0 Å². The molecular weight excluding hydrogens is 386 g/mol. The van der Waals surface area contributed by atoms with Crippen LogP contribution in [-0.2, 0) is 4.79 Å². The van der Waals surface area contributed by atoms with E-state index in [9.17, 15) is 4.79 Å². The summed E-state index contributed by atoms with van der Waals surface area (Å²) in [6.07, 6.45) is 0. The van der Waals surface area contributed by atoms with E-state index in [1.807, 2.05) is 36.4 Å². The van der Waals surface area contributed by atoms with Gasteiger partial charge in [-0.1, -0.05) is 49.7 Å². The number of hydrogen-bond donors (Lipinski definition) is 1. The van der Waals surface area contributed by atoms with Gasteiger partial charge in [-0.25, -0.2) is 0 Å². The third-order valence-electron chi connectivity index (χ3n) is 5.17. The second-order valence-electron chi connectivity index (χ2n) is 7.73. The van der Waals surface area contributed by atoms with Gasteiger partial charge in [0.15, 0.2) is 0 Å². The van der Waals surface area contributed by atoms with E-state index in [4.69, 9.17) is 16.3 Å². The van der Waals surface area contributed by atoms with Crippen LogP contribution in [0.4, 0.5) is 5.69 Å². The molecule has 2 aromatic carbocycles. The zero-order valence-electron chi connectivity index (χ0n) is 17.2. The summed E-state index contributed by atoms with van der Waals surface area (Å²) < 4.78 is 5.77. The molecule has 6 heteroatoms. The highest BCUT2D eigenvalue weighted by Crippen LogP contribution is 2.23. The predicted octanol–water partition coefficient (Wildman–Crippen LogP) is 4.10. The molecule has 1 saturated heterocycles. The summed E-state index contributed by atoms with van der Waals surface area (Å²) in [7, 11) is 0. The van der Waals surface area contributed by atoms with E-state index in [1.54, 1.807) is 0 Å². The molecule has 2 aromatic rings. The van der Waals surface area contributed by atoms with Crippen molar-refractivity contribution in [3.63, 3.8) is 0 Å². The molecule has 0 saturated carbocycles. The van der Waals surface area contributed by atoms with Gasteiger partial charge in [0.1, 0.15) is 12.4 Å². The number of para-hydroxylation sites is 1. The highest BCUT2D eigenvalue weighted by molar-refractivity contribution is 6.32. The van der Waals surface area contributed by atoms with E-state index < -0.39 is 0 Å². The minimum Gasteiger partial charge on any atom is -0.491 e. The molecule has 1 amide bonds. The van der Waals surface area contributed by atoms with Gasteiger partial charge < -0.3 is 10.1 Å². The van der Waals surface area contributed by atoms with Gasteiger partial charge in [0, 0.05) is 38.4 Å². The van der Waals surface area contributed by atoms with E-state index in [-0.39, 0.29) is 5.91 Å². The van der Waals surface area contributed by atoms with Gasteiger partial charge in [0.2, 0.25) is 5.91 Å². The first-order valence-corrected chi connectivity index (χ1v) is 10.6. The highest BCUT2D eigenvalue weighted by Gasteiger charge is 2.19. The molecule has 1 fully saturated rings. The molecule has 0 spiro atoms. The maximum Gasteiger partial charge on any atom is 0.238 e. The van der Waals surface area contributed by atoms with Gasteiger partial charge in [0.05, 0.1) is 11.6 Å². The standard InChI is InChI=1S/C23H30ClN3O2/c1-18(2)19-6-5-7-20(16-19)25-23(28)17-27-12-10-26(11-13-27)14-15-29-22-9-4-3-8-21(22)24/h3-9,16,18H,10-15,17H2,1-2H3,(H,25,28). The zero-order chi connectivity index (χ0) is 20.6. The van der Waals surface area contributed by atoms with Gasteiger partial charge in [-0.05, 0) is 35.7 Å². The second kappa shape index (κ2) is 10.6. The summed E-state index contributed by atoms with van der Waals surface area (Å²) in [6.45, 7) is 9.82. The first-order valence-electron chi connectivity index (χ1n) is 10.2. The number of ether oxygens (including phenoxy) is 1. The third-order valence-corrected chi connectivity index (χ3v) is 5.48. The molecule has 5 nitrogen and oxygen atoms in total. The summed E-state index contributed by atoms with van der Waals surface area (Å²) >= 11 is 6.11. The Kier molecular flexibility index (Phi) is 7.92. The van der Waals surface area contributed by atoms with Gasteiger partial charge in [-0.3, -0.25) is 14.6 Å². The quantitative estimate of drug-likeness (QED) is 0.705. The second-order valence-corrected chi connectivity index (χ2v) is 8.13. The largest absolute Gasteiger partial charge is 0.491 e. The fraction of sp³-hybridized carbons (Fsp3) is 0.435. The Morgan fingerprint density at radius 1 is 1.07 bits per heavy atom. The number of benzene rings is 2. The number of carbonyl (C=O) groups excluding carboxylic acids is 1. The Morgan fingerprint density at radius 2 is 1.79 bits per heavy atom. The lowest BCUT2D eigenvalue weighted by Crippen LogP contribution is -2.49. The molecule has 0 atom stereocenters. The molecule has 0 radical (unpaired) electrons. The molecule has 29 heavy (non-hydrogen) atoms. The van der Waals surface area contributed by atoms with Crippen LogP contribution in [0.3, 0.4) is 0 Å². The van der Waals surface area contributed by atoms with Crippen molar-refractivity contribution in [3.05, 3.63) is 59.1 Å². The van der Waals surface area contributed by atoms with Gasteiger partial charge >= 0.3 is 0 Å². The summed E-state index contributed by atoms with van der Waals surface area (Å²) in [5, 5.41) is 3.67. The first-order chi connectivity index (χ1) is 14.0. The third kappa shape index (κ3) is 6.74. The average Bonchev–Trinajstić information content (AvgIpc) is 2.71. The average molecular weight is 416 g/mol. The number of amides is 1. The molecule has 3 rings (SSSR count). The van der Waals surface area contributed by atoms with Crippen LogP contribution in [-0.4, -0.2) is 61.6 Å². The zero-order valence-corrected chi connectivity index (χ0v) is 18.0. The van der Waals surface area contributed by atoms with E-state index in [0.29, 0.717) is 24.1 Å². The Balaban J connectivity index is 1.36. The first kappa shape index (κ1) is 21.6. The molecule has 0 aliphatic carbocycles. The SMILES string of the molecule is CC(C)c1cccc(NC(=O)CN2CCN(CCOc3ccccc3Cl)CC2)c1. The van der Waals surface area contributed by atoms with Crippen molar-refractivity contribution in [2.24, 2.45) is 0 Å². The van der Waals surface area contributed by atoms with Gasteiger partial charge in [-0.2, -0.15) is 0 Å². The summed E-state index contributed by atoms with van der Waals surface area (Å²) in [5.74, 6) is 1.22. The fourth-order valence-electron chi connectivity index (χ4n) is 3.40. The molecule has 1 heterocycles. The molecule has 1 aliphatic rings. The monoisotopic (exact) mass is 415 g/mol. The molecule has 156 valence electrons. The lowest BCUT2D eigenvalue weighted by atomic mass is 10.0. The van der Waals surface area contributed by atoms with Crippen LogP contribution >= 0.6 is 11.6 Å². The lowest BCUT2D eigenvalue weighted by Gasteiger charge is -2.34. The van der Waals surface area contributed by atoms with Gasteiger partial charge in [0.25, 0.3) is 0 Å². The fourth-order valence-corrected chi connectivity index (χ4v) is 3.59. The number of carbonyl (C=O) groups is 1. The van der Waals surface area contributed by atoms with Crippen molar-refractivity contribution in [2.75, 3.05) is 51.2 Å². The van der Waals surface area contributed by atoms with Crippen LogP contribution in [0.25, 0.3) is 0 Å². The Bertz CT molecular complexity index is 804. The minimum atomic E-state index is 0.0430. The number of halogens is 1. The summed E-state index contributed by atoms with van der Waals surface area (Å²) in [5.41, 5.74) is 2.10. The molecule has 1 N–H and O–H groups in total. The molecule has 1 aliphatic heterocycles.